The minimum atomic E-state index is -0.291. The molecule has 1 aromatic rings. The molecule has 112 valence electrons. The first-order valence-corrected chi connectivity index (χ1v) is 7.83. The van der Waals surface area contributed by atoms with Gasteiger partial charge in [-0.15, -0.1) is 0 Å². The Morgan fingerprint density at radius 3 is 2.67 bits per heavy atom. The van der Waals surface area contributed by atoms with E-state index in [0.29, 0.717) is 12.6 Å². The van der Waals surface area contributed by atoms with Gasteiger partial charge in [0.15, 0.2) is 0 Å². The van der Waals surface area contributed by atoms with E-state index in [1.807, 2.05) is 13.0 Å². The van der Waals surface area contributed by atoms with Gasteiger partial charge in [0.05, 0.1) is 12.0 Å². The Hall–Kier alpha value is -1.61. The summed E-state index contributed by atoms with van der Waals surface area (Å²) in [7, 11) is 0. The number of hydrogen-bond acceptors (Lipinski definition) is 3. The molecule has 1 aliphatic heterocycles. The van der Waals surface area contributed by atoms with Crippen molar-refractivity contribution in [2.24, 2.45) is 5.41 Å². The zero-order chi connectivity index (χ0) is 14.9. The second-order valence-corrected chi connectivity index (χ2v) is 6.05. The number of esters is 1. The first kappa shape index (κ1) is 14.3. The van der Waals surface area contributed by atoms with Gasteiger partial charge >= 0.3 is 5.97 Å². The summed E-state index contributed by atoms with van der Waals surface area (Å²) in [6, 6.07) is 10.9. The predicted octanol–water partition coefficient (Wildman–Crippen LogP) is 3.33. The fourth-order valence-corrected chi connectivity index (χ4v) is 3.21. The molecule has 21 heavy (non-hydrogen) atoms. The number of hydrogen-bond donors (Lipinski definition) is 0. The molecule has 1 saturated carbocycles. The molecule has 0 N–H and O–H groups in total. The van der Waals surface area contributed by atoms with E-state index < -0.39 is 0 Å². The van der Waals surface area contributed by atoms with E-state index >= 15 is 0 Å². The maximum atomic E-state index is 12.2. The minimum absolute atomic E-state index is 0.0227. The van der Waals surface area contributed by atoms with Gasteiger partial charge in [0.1, 0.15) is 0 Å². The summed E-state index contributed by atoms with van der Waals surface area (Å²) in [6.07, 6.45) is 4.14. The number of ether oxygens (including phenoxy) is 1. The monoisotopic (exact) mass is 285 g/mol. The van der Waals surface area contributed by atoms with Crippen molar-refractivity contribution in [2.75, 3.05) is 19.7 Å². The second-order valence-electron chi connectivity index (χ2n) is 6.05. The molecule has 1 atom stereocenters. The van der Waals surface area contributed by atoms with Gasteiger partial charge < -0.3 is 4.74 Å². The van der Waals surface area contributed by atoms with E-state index in [0.717, 1.165) is 25.9 Å². The molecule has 0 spiro atoms. The van der Waals surface area contributed by atoms with Crippen molar-refractivity contribution in [1.82, 2.24) is 4.90 Å². The lowest BCUT2D eigenvalue weighted by molar-refractivity contribution is -0.148. The lowest BCUT2D eigenvalue weighted by atomic mass is 9.96. The highest BCUT2D eigenvalue weighted by Crippen LogP contribution is 2.54. The van der Waals surface area contributed by atoms with Gasteiger partial charge in [-0.3, -0.25) is 9.69 Å². The molecule has 0 saturated heterocycles. The van der Waals surface area contributed by atoms with Crippen molar-refractivity contribution >= 4 is 5.97 Å². The summed E-state index contributed by atoms with van der Waals surface area (Å²) in [5.74, 6) is -0.0227. The Balaban J connectivity index is 1.67. The van der Waals surface area contributed by atoms with Gasteiger partial charge in [0.25, 0.3) is 0 Å². The molecule has 0 radical (unpaired) electrons. The minimum Gasteiger partial charge on any atom is -0.465 e. The van der Waals surface area contributed by atoms with E-state index in [-0.39, 0.29) is 11.4 Å². The second kappa shape index (κ2) is 5.64. The standard InChI is InChI=1S/C18H23NO2/c1-3-21-17(20)18(10-11-18)16-9-12-19(13-16)14(2)15-7-5-4-6-8-15/h4-9,14H,3,10-13H2,1-2H3/t14-/m0/s1. The zero-order valence-electron chi connectivity index (χ0n) is 12.8. The number of nitrogens with zero attached hydrogens (tertiary/aromatic N) is 1. The predicted molar refractivity (Wildman–Crippen MR) is 82.8 cm³/mol. The highest BCUT2D eigenvalue weighted by Gasteiger charge is 2.55. The van der Waals surface area contributed by atoms with E-state index in [1.54, 1.807) is 0 Å². The first-order chi connectivity index (χ1) is 10.2. The van der Waals surface area contributed by atoms with Crippen LogP contribution in [-0.2, 0) is 9.53 Å². The van der Waals surface area contributed by atoms with Crippen LogP contribution in [0.3, 0.4) is 0 Å². The smallest absolute Gasteiger partial charge is 0.316 e. The van der Waals surface area contributed by atoms with Gasteiger partial charge in [-0.25, -0.2) is 0 Å². The molecule has 3 rings (SSSR count). The Morgan fingerprint density at radius 2 is 2.05 bits per heavy atom. The van der Waals surface area contributed by atoms with Crippen molar-refractivity contribution in [3.8, 4) is 0 Å². The Kier molecular flexibility index (Phi) is 3.85. The van der Waals surface area contributed by atoms with Crippen molar-refractivity contribution in [3.63, 3.8) is 0 Å². The summed E-state index contributed by atoms with van der Waals surface area (Å²) >= 11 is 0. The van der Waals surface area contributed by atoms with Gasteiger partial charge in [-0.2, -0.15) is 0 Å². The molecule has 0 bridgehead atoms. The third kappa shape index (κ3) is 2.62. The third-order valence-corrected chi connectivity index (χ3v) is 4.81. The van der Waals surface area contributed by atoms with Gasteiger partial charge in [0.2, 0.25) is 0 Å². The summed E-state index contributed by atoms with van der Waals surface area (Å²) in [5, 5.41) is 0. The molecule has 1 aromatic carbocycles. The Bertz CT molecular complexity index is 546. The SMILES string of the molecule is CCOC(=O)C1(C2=CCN([C@@H](C)c3ccccc3)C2)CC1. The number of rotatable bonds is 5. The molecule has 3 nitrogen and oxygen atoms in total. The zero-order valence-corrected chi connectivity index (χ0v) is 12.8. The van der Waals surface area contributed by atoms with Crippen LogP contribution in [0.1, 0.15) is 38.3 Å². The molecule has 3 heteroatoms. The molecular formula is C18H23NO2. The molecule has 1 aliphatic carbocycles. The van der Waals surface area contributed by atoms with E-state index in [2.05, 4.69) is 42.2 Å². The van der Waals surface area contributed by atoms with Gasteiger partial charge in [-0.1, -0.05) is 36.4 Å². The largest absolute Gasteiger partial charge is 0.465 e. The maximum Gasteiger partial charge on any atom is 0.316 e. The molecule has 0 amide bonds. The van der Waals surface area contributed by atoms with E-state index in [4.69, 9.17) is 4.74 Å². The Labute approximate surface area is 126 Å². The van der Waals surface area contributed by atoms with Crippen LogP contribution in [0.5, 0.6) is 0 Å². The van der Waals surface area contributed by atoms with E-state index in [9.17, 15) is 4.79 Å². The van der Waals surface area contributed by atoms with Crippen LogP contribution in [0.2, 0.25) is 0 Å². The van der Waals surface area contributed by atoms with Crippen LogP contribution in [-0.4, -0.2) is 30.6 Å². The number of carbonyl (C=O) groups is 1. The van der Waals surface area contributed by atoms with Crippen molar-refractivity contribution in [3.05, 3.63) is 47.5 Å². The first-order valence-electron chi connectivity index (χ1n) is 7.83. The van der Waals surface area contributed by atoms with Crippen molar-refractivity contribution < 1.29 is 9.53 Å². The molecule has 0 aromatic heterocycles. The lowest BCUT2D eigenvalue weighted by Crippen LogP contribution is -2.28. The van der Waals surface area contributed by atoms with Crippen LogP contribution in [0, 0.1) is 5.41 Å². The normalized spacial score (nSPS) is 21.7. The average molecular weight is 285 g/mol. The number of carbonyl (C=O) groups excluding carboxylic acids is 1. The van der Waals surface area contributed by atoms with Crippen LogP contribution in [0.4, 0.5) is 0 Å². The Morgan fingerprint density at radius 1 is 1.33 bits per heavy atom. The van der Waals surface area contributed by atoms with Crippen LogP contribution in [0.25, 0.3) is 0 Å². The van der Waals surface area contributed by atoms with Crippen LogP contribution < -0.4 is 0 Å². The molecule has 0 unspecified atom stereocenters. The van der Waals surface area contributed by atoms with Crippen LogP contribution >= 0.6 is 0 Å². The highest BCUT2D eigenvalue weighted by molar-refractivity contribution is 5.84. The lowest BCUT2D eigenvalue weighted by Gasteiger charge is -2.26. The molecule has 2 aliphatic rings. The summed E-state index contributed by atoms with van der Waals surface area (Å²) in [4.78, 5) is 14.6. The summed E-state index contributed by atoms with van der Waals surface area (Å²) in [5.41, 5.74) is 2.30. The third-order valence-electron chi connectivity index (χ3n) is 4.81. The highest BCUT2D eigenvalue weighted by atomic mass is 16.5. The number of benzene rings is 1. The van der Waals surface area contributed by atoms with Gasteiger partial charge in [0, 0.05) is 19.1 Å². The molecule has 1 heterocycles. The summed E-state index contributed by atoms with van der Waals surface area (Å²) in [6.45, 7) is 6.39. The maximum absolute atomic E-state index is 12.2. The van der Waals surface area contributed by atoms with Crippen molar-refractivity contribution in [1.29, 1.82) is 0 Å². The average Bonchev–Trinajstić information content (AvgIpc) is 3.18. The van der Waals surface area contributed by atoms with Gasteiger partial charge in [-0.05, 0) is 37.8 Å². The molecule has 1 fully saturated rings. The molecular weight excluding hydrogens is 262 g/mol. The fraction of sp³-hybridized carbons (Fsp3) is 0.500. The summed E-state index contributed by atoms with van der Waals surface area (Å²) < 4.78 is 5.26. The fourth-order valence-electron chi connectivity index (χ4n) is 3.21. The van der Waals surface area contributed by atoms with Crippen LogP contribution in [0.15, 0.2) is 42.0 Å². The quantitative estimate of drug-likeness (QED) is 0.614. The topological polar surface area (TPSA) is 29.5 Å². The van der Waals surface area contributed by atoms with E-state index in [1.165, 1.54) is 11.1 Å². The van der Waals surface area contributed by atoms with Crippen molar-refractivity contribution in [2.45, 2.75) is 32.7 Å².